The highest BCUT2D eigenvalue weighted by Crippen LogP contribution is 2.22. The van der Waals surface area contributed by atoms with Gasteiger partial charge in [-0.2, -0.15) is 0 Å². The molecule has 1 unspecified atom stereocenters. The highest BCUT2D eigenvalue weighted by atomic mass is 16.3. The van der Waals surface area contributed by atoms with Crippen molar-refractivity contribution in [1.29, 1.82) is 0 Å². The monoisotopic (exact) mass is 273 g/mol. The largest absolute Gasteiger partial charge is 0.395 e. The van der Waals surface area contributed by atoms with Crippen LogP contribution in [0.25, 0.3) is 10.9 Å². The van der Waals surface area contributed by atoms with Crippen LogP contribution >= 0.6 is 0 Å². The number of para-hydroxylation sites is 1. The molecule has 2 rings (SSSR count). The van der Waals surface area contributed by atoms with Gasteiger partial charge in [-0.15, -0.1) is 0 Å². The average Bonchev–Trinajstić information content (AvgIpc) is 2.47. The third kappa shape index (κ3) is 3.26. The SMILES string of the molecule is CCNc1nc2ccccc2cc1CN(C)C(C)CO. The van der Waals surface area contributed by atoms with Gasteiger partial charge in [0.2, 0.25) is 0 Å². The van der Waals surface area contributed by atoms with Crippen LogP contribution in [0.1, 0.15) is 19.4 Å². The highest BCUT2D eigenvalue weighted by molar-refractivity contribution is 5.81. The Morgan fingerprint density at radius 1 is 1.35 bits per heavy atom. The Balaban J connectivity index is 2.36. The Hall–Kier alpha value is -1.65. The maximum Gasteiger partial charge on any atom is 0.131 e. The van der Waals surface area contributed by atoms with E-state index in [1.807, 2.05) is 32.2 Å². The van der Waals surface area contributed by atoms with E-state index >= 15 is 0 Å². The van der Waals surface area contributed by atoms with Crippen molar-refractivity contribution in [2.75, 3.05) is 25.5 Å². The molecule has 1 heterocycles. The van der Waals surface area contributed by atoms with Crippen LogP contribution in [0.3, 0.4) is 0 Å². The van der Waals surface area contributed by atoms with Crippen molar-refractivity contribution >= 4 is 16.7 Å². The fraction of sp³-hybridized carbons (Fsp3) is 0.438. The molecule has 0 aliphatic heterocycles. The van der Waals surface area contributed by atoms with Gasteiger partial charge >= 0.3 is 0 Å². The van der Waals surface area contributed by atoms with Crippen LogP contribution in [0.4, 0.5) is 5.82 Å². The topological polar surface area (TPSA) is 48.4 Å². The first kappa shape index (κ1) is 14.8. The smallest absolute Gasteiger partial charge is 0.131 e. The number of hydrogen-bond acceptors (Lipinski definition) is 4. The maximum atomic E-state index is 9.25. The molecule has 0 saturated carbocycles. The van der Waals surface area contributed by atoms with Gasteiger partial charge in [-0.05, 0) is 33.0 Å². The van der Waals surface area contributed by atoms with E-state index in [4.69, 9.17) is 4.98 Å². The van der Waals surface area contributed by atoms with Gasteiger partial charge in [0.25, 0.3) is 0 Å². The number of anilines is 1. The normalized spacial score (nSPS) is 12.8. The lowest BCUT2D eigenvalue weighted by atomic mass is 10.1. The molecular weight excluding hydrogens is 250 g/mol. The molecule has 2 aromatic rings. The van der Waals surface area contributed by atoms with Gasteiger partial charge in [0.1, 0.15) is 5.82 Å². The summed E-state index contributed by atoms with van der Waals surface area (Å²) in [4.78, 5) is 6.83. The van der Waals surface area contributed by atoms with Crippen LogP contribution in [0.2, 0.25) is 0 Å². The zero-order valence-corrected chi connectivity index (χ0v) is 12.4. The van der Waals surface area contributed by atoms with E-state index in [-0.39, 0.29) is 12.6 Å². The van der Waals surface area contributed by atoms with E-state index in [0.29, 0.717) is 0 Å². The van der Waals surface area contributed by atoms with Crippen LogP contribution in [0.5, 0.6) is 0 Å². The van der Waals surface area contributed by atoms with Gasteiger partial charge < -0.3 is 10.4 Å². The third-order valence-electron chi connectivity index (χ3n) is 3.58. The van der Waals surface area contributed by atoms with E-state index in [0.717, 1.165) is 35.4 Å². The predicted molar refractivity (Wildman–Crippen MR) is 83.9 cm³/mol. The summed E-state index contributed by atoms with van der Waals surface area (Å²) >= 11 is 0. The molecule has 0 spiro atoms. The van der Waals surface area contributed by atoms with Crippen LogP contribution in [0.15, 0.2) is 30.3 Å². The molecule has 0 bridgehead atoms. The molecule has 0 amide bonds. The van der Waals surface area contributed by atoms with E-state index in [1.165, 1.54) is 0 Å². The van der Waals surface area contributed by atoms with E-state index < -0.39 is 0 Å². The summed E-state index contributed by atoms with van der Waals surface area (Å²) in [5, 5.41) is 13.7. The van der Waals surface area contributed by atoms with Crippen molar-refractivity contribution in [3.63, 3.8) is 0 Å². The Kier molecular flexibility index (Phi) is 4.93. The van der Waals surface area contributed by atoms with Crippen molar-refractivity contribution in [2.45, 2.75) is 26.4 Å². The second-order valence-electron chi connectivity index (χ2n) is 5.17. The van der Waals surface area contributed by atoms with Gasteiger partial charge in [-0.3, -0.25) is 4.90 Å². The molecule has 4 heteroatoms. The lowest BCUT2D eigenvalue weighted by molar-refractivity contribution is 0.154. The zero-order chi connectivity index (χ0) is 14.5. The fourth-order valence-electron chi connectivity index (χ4n) is 2.16. The molecule has 1 aromatic carbocycles. The van der Waals surface area contributed by atoms with E-state index in [2.05, 4.69) is 29.3 Å². The third-order valence-corrected chi connectivity index (χ3v) is 3.58. The number of likely N-dealkylation sites (N-methyl/N-ethyl adjacent to an activating group) is 1. The first-order valence-corrected chi connectivity index (χ1v) is 7.09. The molecule has 0 radical (unpaired) electrons. The van der Waals surface area contributed by atoms with Gasteiger partial charge in [0, 0.05) is 30.1 Å². The van der Waals surface area contributed by atoms with Gasteiger partial charge in [-0.1, -0.05) is 18.2 Å². The van der Waals surface area contributed by atoms with E-state index in [9.17, 15) is 5.11 Å². The predicted octanol–water partition coefficient (Wildman–Crippen LogP) is 2.48. The molecule has 1 aromatic heterocycles. The molecule has 108 valence electrons. The summed E-state index contributed by atoms with van der Waals surface area (Å²) in [6.45, 7) is 5.86. The summed E-state index contributed by atoms with van der Waals surface area (Å²) in [6.07, 6.45) is 0. The zero-order valence-electron chi connectivity index (χ0n) is 12.4. The number of benzene rings is 1. The maximum absolute atomic E-state index is 9.25. The molecule has 2 N–H and O–H groups in total. The summed E-state index contributed by atoms with van der Waals surface area (Å²) in [6, 6.07) is 10.5. The van der Waals surface area contributed by atoms with Crippen molar-refractivity contribution < 1.29 is 5.11 Å². The first-order chi connectivity index (χ1) is 9.65. The summed E-state index contributed by atoms with van der Waals surface area (Å²) in [7, 11) is 2.02. The number of hydrogen-bond donors (Lipinski definition) is 2. The number of fused-ring (bicyclic) bond motifs is 1. The molecular formula is C16H23N3O. The average molecular weight is 273 g/mol. The van der Waals surface area contributed by atoms with Gasteiger partial charge in [0.15, 0.2) is 0 Å². The fourth-order valence-corrected chi connectivity index (χ4v) is 2.16. The van der Waals surface area contributed by atoms with Crippen LogP contribution in [-0.2, 0) is 6.54 Å². The van der Waals surface area contributed by atoms with Crippen LogP contribution in [-0.4, -0.2) is 41.2 Å². The first-order valence-electron chi connectivity index (χ1n) is 7.09. The number of nitrogens with one attached hydrogen (secondary N) is 1. The van der Waals surface area contributed by atoms with Crippen molar-refractivity contribution in [3.05, 3.63) is 35.9 Å². The van der Waals surface area contributed by atoms with Crippen LogP contribution in [0, 0.1) is 0 Å². The Bertz CT molecular complexity index is 571. The number of aromatic nitrogens is 1. The Morgan fingerprint density at radius 2 is 2.10 bits per heavy atom. The van der Waals surface area contributed by atoms with Crippen LogP contribution < -0.4 is 5.32 Å². The quantitative estimate of drug-likeness (QED) is 0.849. The van der Waals surface area contributed by atoms with Gasteiger partial charge in [-0.25, -0.2) is 4.98 Å². The standard InChI is InChI=1S/C16H23N3O/c1-4-17-16-14(10-19(3)12(2)11-20)9-13-7-5-6-8-15(13)18-16/h5-9,12,20H,4,10-11H2,1-3H3,(H,17,18). The van der Waals surface area contributed by atoms with Gasteiger partial charge in [0.05, 0.1) is 12.1 Å². The number of rotatable bonds is 6. The molecule has 0 saturated heterocycles. The number of pyridine rings is 1. The second-order valence-corrected chi connectivity index (χ2v) is 5.17. The number of nitrogens with zero attached hydrogens (tertiary/aromatic N) is 2. The molecule has 4 nitrogen and oxygen atoms in total. The lowest BCUT2D eigenvalue weighted by Crippen LogP contribution is -2.31. The highest BCUT2D eigenvalue weighted by Gasteiger charge is 2.12. The molecule has 0 fully saturated rings. The minimum absolute atomic E-state index is 0.135. The molecule has 0 aliphatic carbocycles. The number of aliphatic hydroxyl groups excluding tert-OH is 1. The Labute approximate surface area is 120 Å². The minimum Gasteiger partial charge on any atom is -0.395 e. The molecule has 1 atom stereocenters. The van der Waals surface area contributed by atoms with E-state index in [1.54, 1.807) is 0 Å². The minimum atomic E-state index is 0.135. The number of aliphatic hydroxyl groups is 1. The van der Waals surface area contributed by atoms with Crippen molar-refractivity contribution in [2.24, 2.45) is 0 Å². The Morgan fingerprint density at radius 3 is 2.80 bits per heavy atom. The lowest BCUT2D eigenvalue weighted by Gasteiger charge is -2.24. The molecule has 0 aliphatic rings. The summed E-state index contributed by atoms with van der Waals surface area (Å²) in [5.41, 5.74) is 2.17. The molecule has 20 heavy (non-hydrogen) atoms. The van der Waals surface area contributed by atoms with Crippen molar-refractivity contribution in [1.82, 2.24) is 9.88 Å². The van der Waals surface area contributed by atoms with Crippen molar-refractivity contribution in [3.8, 4) is 0 Å². The summed E-state index contributed by atoms with van der Waals surface area (Å²) in [5.74, 6) is 0.934. The second kappa shape index (κ2) is 6.68. The summed E-state index contributed by atoms with van der Waals surface area (Å²) < 4.78 is 0.